The molecule has 1 heteroatoms. The van der Waals surface area contributed by atoms with Crippen LogP contribution in [-0.4, -0.2) is 10.7 Å². The number of hydrogen-bond donors (Lipinski definition) is 1. The summed E-state index contributed by atoms with van der Waals surface area (Å²) in [6.07, 6.45) is 9.91. The molecule has 0 unspecified atom stereocenters. The number of benzene rings is 3. The van der Waals surface area contributed by atoms with Gasteiger partial charge in [0.1, 0.15) is 0 Å². The molecule has 0 fully saturated rings. The molecule has 124 valence electrons. The van der Waals surface area contributed by atoms with Gasteiger partial charge in [-0.15, -0.1) is 6.42 Å². The van der Waals surface area contributed by atoms with E-state index in [0.29, 0.717) is 11.1 Å². The maximum atomic E-state index is 11.7. The zero-order chi connectivity index (χ0) is 18.0. The molecular weight excluding hydrogens is 316 g/mol. The van der Waals surface area contributed by atoms with Crippen molar-refractivity contribution in [2.45, 2.75) is 5.60 Å². The molecule has 1 aliphatic rings. The van der Waals surface area contributed by atoms with E-state index in [0.717, 1.165) is 22.3 Å². The lowest BCUT2D eigenvalue weighted by atomic mass is 9.79. The van der Waals surface area contributed by atoms with Crippen LogP contribution in [0.15, 0.2) is 84.9 Å². The molecule has 0 spiro atoms. The minimum Gasteiger partial charge on any atom is -0.369 e. The Kier molecular flexibility index (Phi) is 4.05. The van der Waals surface area contributed by atoms with Gasteiger partial charge in [-0.25, -0.2) is 0 Å². The van der Waals surface area contributed by atoms with E-state index in [1.165, 1.54) is 0 Å². The van der Waals surface area contributed by atoms with Gasteiger partial charge in [0.05, 0.1) is 0 Å². The van der Waals surface area contributed by atoms with E-state index in [-0.39, 0.29) is 0 Å². The average Bonchev–Trinajstić information content (AvgIpc) is 2.84. The normalized spacial score (nSPS) is 15.1. The van der Waals surface area contributed by atoms with E-state index in [4.69, 9.17) is 6.42 Å². The van der Waals surface area contributed by atoms with Crippen molar-refractivity contribution >= 4 is 23.3 Å². The third-order valence-electron chi connectivity index (χ3n) is 4.75. The summed E-state index contributed by atoms with van der Waals surface area (Å²) in [5, 5.41) is 11.7. The lowest BCUT2D eigenvalue weighted by Crippen LogP contribution is -2.29. The van der Waals surface area contributed by atoms with Gasteiger partial charge in [0.25, 0.3) is 0 Å². The summed E-state index contributed by atoms with van der Waals surface area (Å²) in [6, 6.07) is 27.7. The summed E-state index contributed by atoms with van der Waals surface area (Å²) in [5.41, 5.74) is 3.78. The summed E-state index contributed by atoms with van der Waals surface area (Å²) < 4.78 is 0. The van der Waals surface area contributed by atoms with Crippen LogP contribution in [0.2, 0.25) is 0 Å². The Morgan fingerprint density at radius 2 is 1.00 bits per heavy atom. The predicted octanol–water partition coefficient (Wildman–Crippen LogP) is 5.15. The monoisotopic (exact) mass is 334 g/mol. The lowest BCUT2D eigenvalue weighted by Gasteiger charge is -2.28. The Balaban J connectivity index is 2.05. The lowest BCUT2D eigenvalue weighted by molar-refractivity contribution is 0.226. The van der Waals surface area contributed by atoms with Crippen LogP contribution < -0.4 is 0 Å². The van der Waals surface area contributed by atoms with Crippen LogP contribution in [0, 0.1) is 12.3 Å². The molecule has 0 aliphatic heterocycles. The van der Waals surface area contributed by atoms with Crippen LogP contribution >= 0.6 is 0 Å². The smallest absolute Gasteiger partial charge is 0.177 e. The minimum atomic E-state index is -1.53. The van der Waals surface area contributed by atoms with Crippen LogP contribution in [0.3, 0.4) is 0 Å². The molecule has 0 radical (unpaired) electrons. The Morgan fingerprint density at radius 1 is 0.615 bits per heavy atom. The molecule has 0 heterocycles. The van der Waals surface area contributed by atoms with Crippen molar-refractivity contribution in [3.05, 3.63) is 107 Å². The Labute approximate surface area is 154 Å². The highest BCUT2D eigenvalue weighted by atomic mass is 16.3. The zero-order valence-electron chi connectivity index (χ0n) is 14.3. The molecule has 1 N–H and O–H groups in total. The third-order valence-corrected chi connectivity index (χ3v) is 4.75. The Hall–Kier alpha value is -3.34. The average molecular weight is 334 g/mol. The van der Waals surface area contributed by atoms with Crippen LogP contribution in [0.1, 0.15) is 22.3 Å². The molecule has 0 aromatic heterocycles. The van der Waals surface area contributed by atoms with Crippen molar-refractivity contribution in [2.24, 2.45) is 0 Å². The van der Waals surface area contributed by atoms with Crippen molar-refractivity contribution < 1.29 is 5.11 Å². The maximum Gasteiger partial charge on any atom is 0.177 e. The van der Waals surface area contributed by atoms with Crippen LogP contribution in [0.5, 0.6) is 0 Å². The summed E-state index contributed by atoms with van der Waals surface area (Å²) in [6.45, 7) is 0. The second kappa shape index (κ2) is 6.52. The number of terminal acetylenes is 1. The molecular formula is C25H18O. The highest BCUT2D eigenvalue weighted by Crippen LogP contribution is 2.43. The Bertz CT molecular complexity index is 958. The number of fused-ring (bicyclic) bond motifs is 1. The third kappa shape index (κ3) is 2.67. The van der Waals surface area contributed by atoms with Gasteiger partial charge < -0.3 is 5.11 Å². The van der Waals surface area contributed by atoms with Crippen LogP contribution in [0.25, 0.3) is 23.3 Å². The first-order chi connectivity index (χ1) is 12.7. The predicted molar refractivity (Wildman–Crippen MR) is 109 cm³/mol. The molecule has 0 saturated heterocycles. The second-order valence-electron chi connectivity index (χ2n) is 6.33. The highest BCUT2D eigenvalue weighted by molar-refractivity contribution is 6.06. The summed E-state index contributed by atoms with van der Waals surface area (Å²) in [4.78, 5) is 0. The highest BCUT2D eigenvalue weighted by Gasteiger charge is 2.37. The molecule has 1 nitrogen and oxygen atoms in total. The van der Waals surface area contributed by atoms with E-state index in [2.05, 4.69) is 5.92 Å². The van der Waals surface area contributed by atoms with E-state index in [9.17, 15) is 5.11 Å². The van der Waals surface area contributed by atoms with Gasteiger partial charge in [0, 0.05) is 11.1 Å². The summed E-state index contributed by atoms with van der Waals surface area (Å²) >= 11 is 0. The minimum absolute atomic E-state index is 0.709. The van der Waals surface area contributed by atoms with Gasteiger partial charge in [-0.3, -0.25) is 0 Å². The van der Waals surface area contributed by atoms with E-state index >= 15 is 0 Å². The number of rotatable bonds is 2. The van der Waals surface area contributed by atoms with Crippen molar-refractivity contribution in [1.29, 1.82) is 0 Å². The molecule has 0 saturated carbocycles. The van der Waals surface area contributed by atoms with Gasteiger partial charge in [-0.05, 0) is 34.4 Å². The van der Waals surface area contributed by atoms with Crippen LogP contribution in [-0.2, 0) is 0 Å². The van der Waals surface area contributed by atoms with E-state index in [1.807, 2.05) is 97.1 Å². The quantitative estimate of drug-likeness (QED) is 0.643. The summed E-state index contributed by atoms with van der Waals surface area (Å²) in [7, 11) is 0. The van der Waals surface area contributed by atoms with Gasteiger partial charge >= 0.3 is 0 Å². The molecule has 3 aromatic rings. The second-order valence-corrected chi connectivity index (χ2v) is 6.33. The topological polar surface area (TPSA) is 20.2 Å². The van der Waals surface area contributed by atoms with Gasteiger partial charge in [-0.1, -0.05) is 90.8 Å². The van der Waals surface area contributed by atoms with Gasteiger partial charge in [-0.2, -0.15) is 0 Å². The molecule has 1 aliphatic carbocycles. The number of hydrogen-bond acceptors (Lipinski definition) is 1. The van der Waals surface area contributed by atoms with Crippen molar-refractivity contribution in [3.8, 4) is 12.3 Å². The Morgan fingerprint density at radius 3 is 1.38 bits per heavy atom. The SMILES string of the molecule is C#CC1(O)C(c2ccccc2)=Cc2ccccc2C=C1c1ccccc1. The first kappa shape index (κ1) is 16.1. The van der Waals surface area contributed by atoms with Crippen LogP contribution in [0.4, 0.5) is 0 Å². The first-order valence-corrected chi connectivity index (χ1v) is 8.57. The zero-order valence-corrected chi connectivity index (χ0v) is 14.3. The van der Waals surface area contributed by atoms with Crippen molar-refractivity contribution in [2.75, 3.05) is 0 Å². The maximum absolute atomic E-state index is 11.7. The fourth-order valence-electron chi connectivity index (χ4n) is 3.41. The standard InChI is InChI=1S/C25H18O/c1-2-25(26)23(19-11-5-3-6-12-19)17-21-15-9-10-16-22(21)18-24(25)20-13-7-4-8-14-20/h1,3-18,26H. The molecule has 4 rings (SSSR count). The van der Waals surface area contributed by atoms with E-state index in [1.54, 1.807) is 0 Å². The molecule has 26 heavy (non-hydrogen) atoms. The largest absolute Gasteiger partial charge is 0.369 e. The van der Waals surface area contributed by atoms with Gasteiger partial charge in [0.15, 0.2) is 5.60 Å². The van der Waals surface area contributed by atoms with Crippen molar-refractivity contribution in [1.82, 2.24) is 0 Å². The summed E-state index contributed by atoms with van der Waals surface area (Å²) in [5.74, 6) is 2.67. The fourth-order valence-corrected chi connectivity index (χ4v) is 3.41. The van der Waals surface area contributed by atoms with E-state index < -0.39 is 5.60 Å². The molecule has 0 amide bonds. The molecule has 0 bridgehead atoms. The van der Waals surface area contributed by atoms with Gasteiger partial charge in [0.2, 0.25) is 0 Å². The fraction of sp³-hybridized carbons (Fsp3) is 0.0400. The first-order valence-electron chi connectivity index (χ1n) is 8.57. The molecule has 3 aromatic carbocycles. The number of aliphatic hydroxyl groups is 1. The van der Waals surface area contributed by atoms with Crippen molar-refractivity contribution in [3.63, 3.8) is 0 Å². The molecule has 0 atom stereocenters.